The summed E-state index contributed by atoms with van der Waals surface area (Å²) in [6, 6.07) is 0.534. The zero-order valence-corrected chi connectivity index (χ0v) is 11.1. The molecule has 98 valence electrons. The van der Waals surface area contributed by atoms with Crippen molar-refractivity contribution in [1.29, 1.82) is 0 Å². The number of amides is 1. The van der Waals surface area contributed by atoms with Crippen LogP contribution in [0.1, 0.15) is 51.9 Å². The van der Waals surface area contributed by atoms with Crippen molar-refractivity contribution in [2.45, 2.75) is 57.9 Å². The van der Waals surface area contributed by atoms with Gasteiger partial charge in [0.15, 0.2) is 0 Å². The molecule has 0 aromatic heterocycles. The maximum Gasteiger partial charge on any atom is 0.222 e. The highest BCUT2D eigenvalue weighted by atomic mass is 16.2. The second kappa shape index (κ2) is 6.39. The Hall–Kier alpha value is -0.570. The molecule has 1 unspecified atom stereocenters. The molecule has 2 saturated heterocycles. The van der Waals surface area contributed by atoms with Gasteiger partial charge in [0.05, 0.1) is 0 Å². The van der Waals surface area contributed by atoms with E-state index in [-0.39, 0.29) is 0 Å². The lowest BCUT2D eigenvalue weighted by molar-refractivity contribution is -0.134. The van der Waals surface area contributed by atoms with E-state index < -0.39 is 0 Å². The number of carbonyl (C=O) groups is 1. The van der Waals surface area contributed by atoms with Crippen molar-refractivity contribution in [3.63, 3.8) is 0 Å². The van der Waals surface area contributed by atoms with Gasteiger partial charge in [0.25, 0.3) is 0 Å². The van der Waals surface area contributed by atoms with Crippen LogP contribution in [0.4, 0.5) is 0 Å². The zero-order chi connectivity index (χ0) is 12.1. The van der Waals surface area contributed by atoms with Gasteiger partial charge in [-0.1, -0.05) is 19.8 Å². The third kappa shape index (κ3) is 3.21. The third-order valence-corrected chi connectivity index (χ3v) is 4.35. The van der Waals surface area contributed by atoms with Gasteiger partial charge < -0.3 is 10.2 Å². The monoisotopic (exact) mass is 238 g/mol. The van der Waals surface area contributed by atoms with Crippen molar-refractivity contribution in [3.8, 4) is 0 Å². The fourth-order valence-corrected chi connectivity index (χ4v) is 3.37. The van der Waals surface area contributed by atoms with Crippen LogP contribution < -0.4 is 5.32 Å². The summed E-state index contributed by atoms with van der Waals surface area (Å²) < 4.78 is 0. The normalized spacial score (nSPS) is 27.8. The number of nitrogens with one attached hydrogen (secondary N) is 1. The summed E-state index contributed by atoms with van der Waals surface area (Å²) in [6.45, 7) is 5.26. The molecule has 2 heterocycles. The average molecular weight is 238 g/mol. The molecule has 2 aliphatic rings. The molecular formula is C14H26N2O. The molecule has 2 fully saturated rings. The van der Waals surface area contributed by atoms with Crippen molar-refractivity contribution in [1.82, 2.24) is 10.2 Å². The Kier molecular flexibility index (Phi) is 4.84. The van der Waals surface area contributed by atoms with Crippen LogP contribution in [-0.2, 0) is 4.79 Å². The second-order valence-corrected chi connectivity index (χ2v) is 5.44. The SMILES string of the molecule is CCC(=O)N1CCCCCC1C1CCNCC1. The standard InChI is InChI=1S/C14H26N2O/c1-2-14(17)16-11-5-3-4-6-13(16)12-7-9-15-10-8-12/h12-13,15H,2-11H2,1H3. The van der Waals surface area contributed by atoms with E-state index in [9.17, 15) is 4.79 Å². The first-order valence-corrected chi connectivity index (χ1v) is 7.33. The second-order valence-electron chi connectivity index (χ2n) is 5.44. The highest BCUT2D eigenvalue weighted by Gasteiger charge is 2.31. The van der Waals surface area contributed by atoms with Gasteiger partial charge in [-0.3, -0.25) is 4.79 Å². The van der Waals surface area contributed by atoms with Crippen LogP contribution in [-0.4, -0.2) is 36.5 Å². The molecule has 0 aromatic rings. The summed E-state index contributed by atoms with van der Waals surface area (Å²) in [5, 5.41) is 3.42. The van der Waals surface area contributed by atoms with Crippen LogP contribution in [0, 0.1) is 5.92 Å². The first-order chi connectivity index (χ1) is 8.33. The summed E-state index contributed by atoms with van der Waals surface area (Å²) in [6.07, 6.45) is 8.21. The maximum atomic E-state index is 12.1. The van der Waals surface area contributed by atoms with E-state index in [2.05, 4.69) is 10.2 Å². The van der Waals surface area contributed by atoms with Crippen LogP contribution in [0.2, 0.25) is 0 Å². The molecule has 2 aliphatic heterocycles. The molecule has 0 bridgehead atoms. The molecule has 1 atom stereocenters. The molecule has 2 rings (SSSR count). The van der Waals surface area contributed by atoms with Gasteiger partial charge in [-0.05, 0) is 44.7 Å². The lowest BCUT2D eigenvalue weighted by Crippen LogP contribution is -2.46. The van der Waals surface area contributed by atoms with Gasteiger partial charge in [0.1, 0.15) is 0 Å². The van der Waals surface area contributed by atoms with Crippen LogP contribution >= 0.6 is 0 Å². The Morgan fingerprint density at radius 2 is 1.94 bits per heavy atom. The minimum Gasteiger partial charge on any atom is -0.339 e. The number of likely N-dealkylation sites (tertiary alicyclic amines) is 1. The Bertz CT molecular complexity index is 249. The Morgan fingerprint density at radius 3 is 2.65 bits per heavy atom. The Labute approximate surface area is 105 Å². The topological polar surface area (TPSA) is 32.3 Å². The first-order valence-electron chi connectivity index (χ1n) is 7.33. The summed E-state index contributed by atoms with van der Waals surface area (Å²) >= 11 is 0. The third-order valence-electron chi connectivity index (χ3n) is 4.35. The number of nitrogens with zero attached hydrogens (tertiary/aromatic N) is 1. The molecule has 0 saturated carbocycles. The fourth-order valence-electron chi connectivity index (χ4n) is 3.37. The van der Waals surface area contributed by atoms with E-state index >= 15 is 0 Å². The van der Waals surface area contributed by atoms with Crippen LogP contribution in [0.25, 0.3) is 0 Å². The summed E-state index contributed by atoms with van der Waals surface area (Å²) in [5.74, 6) is 1.11. The summed E-state index contributed by atoms with van der Waals surface area (Å²) in [5.41, 5.74) is 0. The molecule has 0 aromatic carbocycles. The van der Waals surface area contributed by atoms with Crippen LogP contribution in [0.5, 0.6) is 0 Å². The molecule has 3 nitrogen and oxygen atoms in total. The molecule has 0 spiro atoms. The van der Waals surface area contributed by atoms with Gasteiger partial charge in [0, 0.05) is 19.0 Å². The zero-order valence-electron chi connectivity index (χ0n) is 11.1. The fraction of sp³-hybridized carbons (Fsp3) is 0.929. The van der Waals surface area contributed by atoms with Gasteiger partial charge in [0.2, 0.25) is 5.91 Å². The molecule has 17 heavy (non-hydrogen) atoms. The van der Waals surface area contributed by atoms with E-state index in [0.717, 1.165) is 25.6 Å². The predicted octanol–water partition coefficient (Wildman–Crippen LogP) is 2.17. The molecule has 3 heteroatoms. The lowest BCUT2D eigenvalue weighted by atomic mass is 9.86. The van der Waals surface area contributed by atoms with Crippen molar-refractivity contribution in [2.24, 2.45) is 5.92 Å². The first kappa shape index (κ1) is 12.9. The molecule has 1 N–H and O–H groups in total. The van der Waals surface area contributed by atoms with Gasteiger partial charge >= 0.3 is 0 Å². The number of hydrogen-bond donors (Lipinski definition) is 1. The Morgan fingerprint density at radius 1 is 1.18 bits per heavy atom. The van der Waals surface area contributed by atoms with Crippen LogP contribution in [0.15, 0.2) is 0 Å². The van der Waals surface area contributed by atoms with E-state index in [1.54, 1.807) is 0 Å². The molecule has 0 radical (unpaired) electrons. The molecule has 0 aliphatic carbocycles. The van der Waals surface area contributed by atoms with E-state index in [4.69, 9.17) is 0 Å². The number of hydrogen-bond acceptors (Lipinski definition) is 2. The smallest absolute Gasteiger partial charge is 0.222 e. The summed E-state index contributed by atoms with van der Waals surface area (Å²) in [7, 11) is 0. The predicted molar refractivity (Wildman–Crippen MR) is 69.9 cm³/mol. The van der Waals surface area contributed by atoms with E-state index in [0.29, 0.717) is 18.4 Å². The Balaban J connectivity index is 2.04. The number of piperidine rings is 1. The minimum atomic E-state index is 0.371. The maximum absolute atomic E-state index is 12.1. The molecule has 1 amide bonds. The number of rotatable bonds is 2. The van der Waals surface area contributed by atoms with Gasteiger partial charge in [-0.2, -0.15) is 0 Å². The quantitative estimate of drug-likeness (QED) is 0.799. The largest absolute Gasteiger partial charge is 0.339 e. The van der Waals surface area contributed by atoms with Crippen molar-refractivity contribution < 1.29 is 4.79 Å². The van der Waals surface area contributed by atoms with Crippen molar-refractivity contribution >= 4 is 5.91 Å². The minimum absolute atomic E-state index is 0.371. The summed E-state index contributed by atoms with van der Waals surface area (Å²) in [4.78, 5) is 14.3. The lowest BCUT2D eigenvalue weighted by Gasteiger charge is -2.38. The number of carbonyl (C=O) groups excluding carboxylic acids is 1. The van der Waals surface area contributed by atoms with Crippen molar-refractivity contribution in [2.75, 3.05) is 19.6 Å². The molecular weight excluding hydrogens is 212 g/mol. The van der Waals surface area contributed by atoms with Crippen molar-refractivity contribution in [3.05, 3.63) is 0 Å². The van der Waals surface area contributed by atoms with Gasteiger partial charge in [-0.15, -0.1) is 0 Å². The van der Waals surface area contributed by atoms with E-state index in [1.807, 2.05) is 6.92 Å². The van der Waals surface area contributed by atoms with Crippen LogP contribution in [0.3, 0.4) is 0 Å². The highest BCUT2D eigenvalue weighted by Crippen LogP contribution is 2.28. The average Bonchev–Trinajstić information content (AvgIpc) is 2.64. The van der Waals surface area contributed by atoms with E-state index in [1.165, 1.54) is 38.5 Å². The highest BCUT2D eigenvalue weighted by molar-refractivity contribution is 5.76. The van der Waals surface area contributed by atoms with Gasteiger partial charge in [-0.25, -0.2) is 0 Å².